The van der Waals surface area contributed by atoms with Crippen molar-refractivity contribution >= 4 is 27.9 Å². The quantitative estimate of drug-likeness (QED) is 0.811. The first-order chi connectivity index (χ1) is 11.6. The lowest BCUT2D eigenvalue weighted by Crippen LogP contribution is -2.17. The van der Waals surface area contributed by atoms with Gasteiger partial charge in [-0.05, 0) is 51.8 Å². The SMILES string of the molecule is COc1ccc(C=CNC(=O)c2cc(OC)c(OC)cc2Br)cc1. The van der Waals surface area contributed by atoms with E-state index in [0.717, 1.165) is 11.3 Å². The van der Waals surface area contributed by atoms with Crippen LogP contribution in [0.15, 0.2) is 47.1 Å². The van der Waals surface area contributed by atoms with Gasteiger partial charge in [0.05, 0.1) is 26.9 Å². The van der Waals surface area contributed by atoms with Gasteiger partial charge in [0.2, 0.25) is 0 Å². The summed E-state index contributed by atoms with van der Waals surface area (Å²) in [6.45, 7) is 0. The van der Waals surface area contributed by atoms with E-state index in [4.69, 9.17) is 14.2 Å². The number of hydrogen-bond donors (Lipinski definition) is 1. The Bertz CT molecular complexity index is 741. The highest BCUT2D eigenvalue weighted by molar-refractivity contribution is 9.10. The highest BCUT2D eigenvalue weighted by Crippen LogP contribution is 2.33. The summed E-state index contributed by atoms with van der Waals surface area (Å²) >= 11 is 3.37. The van der Waals surface area contributed by atoms with Crippen LogP contribution in [0.1, 0.15) is 15.9 Å². The lowest BCUT2D eigenvalue weighted by Gasteiger charge is -2.11. The second kappa shape index (κ2) is 8.40. The molecular weight excluding hydrogens is 374 g/mol. The molecule has 0 fully saturated rings. The monoisotopic (exact) mass is 391 g/mol. The number of methoxy groups -OCH3 is 3. The number of halogens is 1. The minimum absolute atomic E-state index is 0.257. The molecule has 0 radical (unpaired) electrons. The highest BCUT2D eigenvalue weighted by atomic mass is 79.9. The Balaban J connectivity index is 2.10. The number of nitrogens with one attached hydrogen (secondary N) is 1. The third-order valence-corrected chi connectivity index (χ3v) is 3.98. The van der Waals surface area contributed by atoms with Crippen LogP contribution in [-0.2, 0) is 0 Å². The van der Waals surface area contributed by atoms with Crippen molar-refractivity contribution in [2.45, 2.75) is 0 Å². The molecule has 6 heteroatoms. The summed E-state index contributed by atoms with van der Waals surface area (Å²) in [4.78, 5) is 12.3. The van der Waals surface area contributed by atoms with Crippen molar-refractivity contribution in [3.63, 3.8) is 0 Å². The van der Waals surface area contributed by atoms with Crippen molar-refractivity contribution < 1.29 is 19.0 Å². The molecule has 2 rings (SSSR count). The number of carbonyl (C=O) groups is 1. The van der Waals surface area contributed by atoms with Gasteiger partial charge in [0.25, 0.3) is 5.91 Å². The number of hydrogen-bond acceptors (Lipinski definition) is 4. The van der Waals surface area contributed by atoms with Crippen molar-refractivity contribution in [3.8, 4) is 17.2 Å². The Kier molecular flexibility index (Phi) is 6.26. The van der Waals surface area contributed by atoms with Crippen LogP contribution in [0.5, 0.6) is 17.2 Å². The number of benzene rings is 2. The van der Waals surface area contributed by atoms with Crippen LogP contribution < -0.4 is 19.5 Å². The Labute approximate surface area is 149 Å². The molecule has 0 atom stereocenters. The van der Waals surface area contributed by atoms with Gasteiger partial charge >= 0.3 is 0 Å². The fourth-order valence-electron chi connectivity index (χ4n) is 2.03. The average Bonchev–Trinajstić information content (AvgIpc) is 2.61. The van der Waals surface area contributed by atoms with Crippen molar-refractivity contribution in [3.05, 3.63) is 58.2 Å². The van der Waals surface area contributed by atoms with E-state index in [2.05, 4.69) is 21.2 Å². The van der Waals surface area contributed by atoms with Gasteiger partial charge < -0.3 is 19.5 Å². The molecule has 1 N–H and O–H groups in total. The molecule has 0 spiro atoms. The van der Waals surface area contributed by atoms with Crippen LogP contribution in [0.25, 0.3) is 6.08 Å². The lowest BCUT2D eigenvalue weighted by atomic mass is 10.2. The first-order valence-corrected chi connectivity index (χ1v) is 7.91. The Morgan fingerprint density at radius 3 is 2.21 bits per heavy atom. The molecule has 0 saturated heterocycles. The second-order valence-corrected chi connectivity index (χ2v) is 5.62. The maximum atomic E-state index is 12.3. The van der Waals surface area contributed by atoms with Gasteiger partial charge in [0.1, 0.15) is 5.75 Å². The summed E-state index contributed by atoms with van der Waals surface area (Å²) in [6.07, 6.45) is 3.39. The summed E-state index contributed by atoms with van der Waals surface area (Å²) in [5.74, 6) is 1.57. The molecule has 0 unspecified atom stereocenters. The number of amides is 1. The van der Waals surface area contributed by atoms with Gasteiger partial charge in [-0.1, -0.05) is 12.1 Å². The normalized spacial score (nSPS) is 10.5. The fraction of sp³-hybridized carbons (Fsp3) is 0.167. The van der Waals surface area contributed by atoms with E-state index in [1.54, 1.807) is 38.6 Å². The van der Waals surface area contributed by atoms with Gasteiger partial charge in [0, 0.05) is 10.7 Å². The predicted octanol–water partition coefficient (Wildman–Crippen LogP) is 3.88. The van der Waals surface area contributed by atoms with E-state index >= 15 is 0 Å². The van der Waals surface area contributed by atoms with E-state index in [1.165, 1.54) is 7.11 Å². The second-order valence-electron chi connectivity index (χ2n) is 4.77. The van der Waals surface area contributed by atoms with Crippen molar-refractivity contribution in [1.29, 1.82) is 0 Å². The topological polar surface area (TPSA) is 56.8 Å². The van der Waals surface area contributed by atoms with Crippen LogP contribution in [-0.4, -0.2) is 27.2 Å². The minimum Gasteiger partial charge on any atom is -0.497 e. The Hall–Kier alpha value is -2.47. The molecule has 5 nitrogen and oxygen atoms in total. The summed E-state index contributed by atoms with van der Waals surface area (Å²) < 4.78 is 16.1. The number of carbonyl (C=O) groups excluding carboxylic acids is 1. The molecule has 1 amide bonds. The molecule has 24 heavy (non-hydrogen) atoms. The summed E-state index contributed by atoms with van der Waals surface area (Å²) in [6, 6.07) is 10.8. The third kappa shape index (κ3) is 4.29. The van der Waals surface area contributed by atoms with Crippen molar-refractivity contribution in [2.75, 3.05) is 21.3 Å². The summed E-state index contributed by atoms with van der Waals surface area (Å²) in [7, 11) is 4.69. The van der Waals surface area contributed by atoms with Crippen LogP contribution in [0.3, 0.4) is 0 Å². The van der Waals surface area contributed by atoms with Gasteiger partial charge in [-0.15, -0.1) is 0 Å². The van der Waals surface area contributed by atoms with Crippen LogP contribution in [0.2, 0.25) is 0 Å². The van der Waals surface area contributed by atoms with Crippen LogP contribution >= 0.6 is 15.9 Å². The molecule has 0 heterocycles. The van der Waals surface area contributed by atoms with Gasteiger partial charge in [0.15, 0.2) is 11.5 Å². The largest absolute Gasteiger partial charge is 0.497 e. The molecule has 0 aliphatic rings. The molecular formula is C18H18BrNO4. The standard InChI is InChI=1S/C18H18BrNO4/c1-22-13-6-4-12(5-7-13)8-9-20-18(21)14-10-16(23-2)17(24-3)11-15(14)19/h4-11H,1-3H3,(H,20,21). The fourth-order valence-corrected chi connectivity index (χ4v) is 2.54. The van der Waals surface area contributed by atoms with Crippen LogP contribution in [0.4, 0.5) is 0 Å². The number of ether oxygens (including phenoxy) is 3. The molecule has 0 aliphatic heterocycles. The first kappa shape index (κ1) is 17.9. The first-order valence-electron chi connectivity index (χ1n) is 7.12. The minimum atomic E-state index is -0.257. The van der Waals surface area contributed by atoms with Gasteiger partial charge in [-0.25, -0.2) is 0 Å². The molecule has 2 aromatic rings. The van der Waals surface area contributed by atoms with E-state index in [-0.39, 0.29) is 5.91 Å². The molecule has 126 valence electrons. The zero-order valence-electron chi connectivity index (χ0n) is 13.6. The summed E-state index contributed by atoms with van der Waals surface area (Å²) in [5.41, 5.74) is 1.40. The highest BCUT2D eigenvalue weighted by Gasteiger charge is 2.14. The molecule has 0 saturated carbocycles. The average molecular weight is 392 g/mol. The molecule has 0 bridgehead atoms. The van der Waals surface area contributed by atoms with Crippen molar-refractivity contribution in [1.82, 2.24) is 5.32 Å². The zero-order valence-corrected chi connectivity index (χ0v) is 15.2. The van der Waals surface area contributed by atoms with Crippen molar-refractivity contribution in [2.24, 2.45) is 0 Å². The van der Waals surface area contributed by atoms with Gasteiger partial charge in [-0.2, -0.15) is 0 Å². The molecule has 0 aliphatic carbocycles. The predicted molar refractivity (Wildman–Crippen MR) is 96.7 cm³/mol. The lowest BCUT2D eigenvalue weighted by molar-refractivity contribution is 0.0969. The number of rotatable bonds is 6. The third-order valence-electron chi connectivity index (χ3n) is 3.32. The Morgan fingerprint density at radius 1 is 1.00 bits per heavy atom. The van der Waals surface area contributed by atoms with E-state index in [9.17, 15) is 4.79 Å². The van der Waals surface area contributed by atoms with E-state index < -0.39 is 0 Å². The maximum absolute atomic E-state index is 12.3. The zero-order chi connectivity index (χ0) is 17.5. The molecule has 2 aromatic carbocycles. The molecule has 0 aromatic heterocycles. The smallest absolute Gasteiger partial charge is 0.256 e. The van der Waals surface area contributed by atoms with Crippen LogP contribution in [0, 0.1) is 0 Å². The van der Waals surface area contributed by atoms with Gasteiger partial charge in [-0.3, -0.25) is 4.79 Å². The summed E-state index contributed by atoms with van der Waals surface area (Å²) in [5, 5.41) is 2.73. The Morgan fingerprint density at radius 2 is 1.62 bits per heavy atom. The van der Waals surface area contributed by atoms with E-state index in [0.29, 0.717) is 21.5 Å². The maximum Gasteiger partial charge on any atom is 0.256 e. The van der Waals surface area contributed by atoms with E-state index in [1.807, 2.05) is 24.3 Å².